The van der Waals surface area contributed by atoms with Crippen LogP contribution in [0.4, 0.5) is 0 Å². The average Bonchev–Trinajstić information content (AvgIpc) is 2.16. The fourth-order valence-electron chi connectivity index (χ4n) is 1.70. The molecule has 1 aliphatic carbocycles. The Morgan fingerprint density at radius 2 is 2.38 bits per heavy atom. The summed E-state index contributed by atoms with van der Waals surface area (Å²) in [7, 11) is 0. The summed E-state index contributed by atoms with van der Waals surface area (Å²) in [5, 5.41) is 9.15. The molecule has 0 spiro atoms. The average molecular weight is 180 g/mol. The van der Waals surface area contributed by atoms with E-state index >= 15 is 0 Å². The van der Waals surface area contributed by atoms with E-state index in [2.05, 4.69) is 6.08 Å². The van der Waals surface area contributed by atoms with Crippen molar-refractivity contribution in [1.29, 1.82) is 0 Å². The second-order valence-corrected chi connectivity index (χ2v) is 3.57. The number of carboxylic acids is 1. The molecule has 72 valence electrons. The summed E-state index contributed by atoms with van der Waals surface area (Å²) >= 11 is 0. The highest BCUT2D eigenvalue weighted by atomic mass is 16.4. The van der Waals surface area contributed by atoms with Crippen LogP contribution in [0, 0.1) is 5.41 Å². The zero-order valence-corrected chi connectivity index (χ0v) is 7.99. The van der Waals surface area contributed by atoms with Crippen LogP contribution in [0.15, 0.2) is 24.3 Å². The summed E-state index contributed by atoms with van der Waals surface area (Å²) in [6.07, 6.45) is 10.9. The number of hydrogen-bond donors (Lipinski definition) is 1. The molecular formula is C11H16O2. The van der Waals surface area contributed by atoms with E-state index in [9.17, 15) is 4.79 Å². The van der Waals surface area contributed by atoms with Crippen LogP contribution >= 0.6 is 0 Å². The van der Waals surface area contributed by atoms with Crippen molar-refractivity contribution in [1.82, 2.24) is 0 Å². The summed E-state index contributed by atoms with van der Waals surface area (Å²) in [6, 6.07) is 0. The minimum Gasteiger partial charge on any atom is -0.481 e. The minimum absolute atomic E-state index is 0.527. The van der Waals surface area contributed by atoms with Crippen molar-refractivity contribution in [2.45, 2.75) is 32.6 Å². The Morgan fingerprint density at radius 1 is 1.62 bits per heavy atom. The molecule has 0 aromatic heterocycles. The van der Waals surface area contributed by atoms with E-state index in [1.807, 2.05) is 25.2 Å². The van der Waals surface area contributed by atoms with Crippen LogP contribution in [0.2, 0.25) is 0 Å². The largest absolute Gasteiger partial charge is 0.481 e. The van der Waals surface area contributed by atoms with E-state index in [1.165, 1.54) is 0 Å². The van der Waals surface area contributed by atoms with Gasteiger partial charge in [0.25, 0.3) is 0 Å². The second-order valence-electron chi connectivity index (χ2n) is 3.57. The molecule has 2 nitrogen and oxygen atoms in total. The zero-order valence-electron chi connectivity index (χ0n) is 7.99. The lowest BCUT2D eigenvalue weighted by molar-refractivity contribution is -0.149. The third kappa shape index (κ3) is 2.20. The second kappa shape index (κ2) is 4.26. The van der Waals surface area contributed by atoms with Crippen molar-refractivity contribution < 1.29 is 9.90 Å². The third-order valence-electron chi connectivity index (χ3n) is 2.66. The third-order valence-corrected chi connectivity index (χ3v) is 2.66. The van der Waals surface area contributed by atoms with Gasteiger partial charge in [-0.15, -0.1) is 0 Å². The molecular weight excluding hydrogens is 164 g/mol. The first kappa shape index (κ1) is 10.0. The normalized spacial score (nSPS) is 28.1. The molecule has 2 heteroatoms. The lowest BCUT2D eigenvalue weighted by atomic mass is 9.74. The summed E-state index contributed by atoms with van der Waals surface area (Å²) in [6.45, 7) is 1.92. The van der Waals surface area contributed by atoms with Gasteiger partial charge in [-0.3, -0.25) is 4.79 Å². The SMILES string of the molecule is C/C=C/CC1(C(=O)O)CC=CCC1. The first-order chi connectivity index (χ1) is 6.21. The van der Waals surface area contributed by atoms with Crippen LogP contribution in [-0.2, 0) is 4.79 Å². The van der Waals surface area contributed by atoms with Crippen molar-refractivity contribution in [3.8, 4) is 0 Å². The molecule has 0 amide bonds. The fourth-order valence-corrected chi connectivity index (χ4v) is 1.70. The van der Waals surface area contributed by atoms with Crippen LogP contribution < -0.4 is 0 Å². The highest BCUT2D eigenvalue weighted by Crippen LogP contribution is 2.36. The number of aliphatic carboxylic acids is 1. The van der Waals surface area contributed by atoms with Crippen molar-refractivity contribution in [3.63, 3.8) is 0 Å². The summed E-state index contributed by atoms with van der Waals surface area (Å²) in [5.41, 5.74) is -0.527. The topological polar surface area (TPSA) is 37.3 Å². The lowest BCUT2D eigenvalue weighted by Crippen LogP contribution is -2.31. The van der Waals surface area contributed by atoms with Gasteiger partial charge in [0.05, 0.1) is 5.41 Å². The summed E-state index contributed by atoms with van der Waals surface area (Å²) in [5.74, 6) is -0.657. The van der Waals surface area contributed by atoms with Gasteiger partial charge < -0.3 is 5.11 Å². The Morgan fingerprint density at radius 3 is 2.85 bits per heavy atom. The molecule has 0 fully saturated rings. The van der Waals surface area contributed by atoms with Crippen LogP contribution in [-0.4, -0.2) is 11.1 Å². The van der Waals surface area contributed by atoms with Crippen molar-refractivity contribution in [3.05, 3.63) is 24.3 Å². The Balaban J connectivity index is 2.74. The number of rotatable bonds is 3. The van der Waals surface area contributed by atoms with E-state index < -0.39 is 11.4 Å². The van der Waals surface area contributed by atoms with Crippen molar-refractivity contribution in [2.75, 3.05) is 0 Å². The van der Waals surface area contributed by atoms with Crippen molar-refractivity contribution >= 4 is 5.97 Å². The molecule has 0 heterocycles. The Labute approximate surface area is 79.0 Å². The van der Waals surface area contributed by atoms with Crippen LogP contribution in [0.5, 0.6) is 0 Å². The van der Waals surface area contributed by atoms with Gasteiger partial charge in [-0.1, -0.05) is 24.3 Å². The van der Waals surface area contributed by atoms with Gasteiger partial charge in [0, 0.05) is 0 Å². The number of hydrogen-bond acceptors (Lipinski definition) is 1. The van der Waals surface area contributed by atoms with Gasteiger partial charge in [-0.05, 0) is 32.6 Å². The summed E-state index contributed by atoms with van der Waals surface area (Å²) < 4.78 is 0. The maximum atomic E-state index is 11.1. The van der Waals surface area contributed by atoms with Crippen LogP contribution in [0.3, 0.4) is 0 Å². The molecule has 1 unspecified atom stereocenters. The number of carbonyl (C=O) groups is 1. The minimum atomic E-state index is -0.657. The van der Waals surface area contributed by atoms with Gasteiger partial charge in [0.1, 0.15) is 0 Å². The van der Waals surface area contributed by atoms with E-state index in [0.29, 0.717) is 12.8 Å². The molecule has 0 radical (unpaired) electrons. The summed E-state index contributed by atoms with van der Waals surface area (Å²) in [4.78, 5) is 11.1. The van der Waals surface area contributed by atoms with Gasteiger partial charge >= 0.3 is 5.97 Å². The van der Waals surface area contributed by atoms with Gasteiger partial charge in [0.2, 0.25) is 0 Å². The van der Waals surface area contributed by atoms with Gasteiger partial charge in [0.15, 0.2) is 0 Å². The standard InChI is InChI=1S/C11H16O2/c1-2-3-7-11(10(12)13)8-5-4-6-9-11/h2-5H,6-9H2,1H3,(H,12,13)/b3-2+. The van der Waals surface area contributed by atoms with Gasteiger partial charge in [-0.25, -0.2) is 0 Å². The molecule has 0 bridgehead atoms. The predicted octanol–water partition coefficient (Wildman–Crippen LogP) is 2.76. The molecule has 0 saturated carbocycles. The monoisotopic (exact) mass is 180 g/mol. The predicted molar refractivity (Wildman–Crippen MR) is 52.5 cm³/mol. The van der Waals surface area contributed by atoms with E-state index in [1.54, 1.807) is 0 Å². The number of allylic oxidation sites excluding steroid dienone is 4. The quantitative estimate of drug-likeness (QED) is 0.678. The Bertz CT molecular complexity index is 240. The van der Waals surface area contributed by atoms with Crippen molar-refractivity contribution in [2.24, 2.45) is 5.41 Å². The first-order valence-electron chi connectivity index (χ1n) is 4.71. The lowest BCUT2D eigenvalue weighted by Gasteiger charge is -2.29. The molecule has 0 saturated heterocycles. The van der Waals surface area contributed by atoms with Crippen LogP contribution in [0.25, 0.3) is 0 Å². The highest BCUT2D eigenvalue weighted by Gasteiger charge is 2.36. The van der Waals surface area contributed by atoms with Gasteiger partial charge in [-0.2, -0.15) is 0 Å². The van der Waals surface area contributed by atoms with Crippen LogP contribution in [0.1, 0.15) is 32.6 Å². The van der Waals surface area contributed by atoms with E-state index in [0.717, 1.165) is 12.8 Å². The Hall–Kier alpha value is -1.05. The molecule has 13 heavy (non-hydrogen) atoms. The maximum absolute atomic E-state index is 11.1. The smallest absolute Gasteiger partial charge is 0.310 e. The van der Waals surface area contributed by atoms with E-state index in [-0.39, 0.29) is 0 Å². The molecule has 0 aliphatic heterocycles. The molecule has 0 aromatic rings. The fraction of sp³-hybridized carbons (Fsp3) is 0.545. The molecule has 1 atom stereocenters. The van der Waals surface area contributed by atoms with E-state index in [4.69, 9.17) is 5.11 Å². The molecule has 0 aromatic carbocycles. The zero-order chi connectivity index (χ0) is 9.73. The maximum Gasteiger partial charge on any atom is 0.310 e. The molecule has 1 aliphatic rings. The molecule has 1 rings (SSSR count). The number of carboxylic acid groups (broad SMARTS) is 1. The Kier molecular flexibility index (Phi) is 3.29. The first-order valence-corrected chi connectivity index (χ1v) is 4.71. The highest BCUT2D eigenvalue weighted by molar-refractivity contribution is 5.75. The molecule has 1 N–H and O–H groups in total.